The molecule has 0 amide bonds. The van der Waals surface area contributed by atoms with Crippen LogP contribution in [0.3, 0.4) is 0 Å². The molecule has 8 heteroatoms. The summed E-state index contributed by atoms with van der Waals surface area (Å²) in [4.78, 5) is 0. The van der Waals surface area contributed by atoms with Crippen molar-refractivity contribution in [2.24, 2.45) is 0 Å². The molecule has 0 saturated carbocycles. The van der Waals surface area contributed by atoms with Crippen molar-refractivity contribution in [2.45, 2.75) is 16.5 Å². The van der Waals surface area contributed by atoms with Crippen molar-refractivity contribution >= 4 is 95.2 Å². The largest absolute Gasteiger partial charge is 0.154 e. The second-order valence-electron chi connectivity index (χ2n) is 2.93. The van der Waals surface area contributed by atoms with E-state index >= 15 is 0 Å². The molecule has 0 atom stereocenters. The van der Waals surface area contributed by atoms with Gasteiger partial charge in [0.25, 0.3) is 0 Å². The van der Waals surface area contributed by atoms with E-state index in [4.69, 9.17) is 46.4 Å². The Kier molecular flexibility index (Phi) is 6.50. The van der Waals surface area contributed by atoms with Gasteiger partial charge in [0, 0.05) is 0 Å². The van der Waals surface area contributed by atoms with Crippen LogP contribution >= 0.6 is 95.2 Å². The highest BCUT2D eigenvalue weighted by Gasteiger charge is 2.32. The van der Waals surface area contributed by atoms with E-state index in [1.807, 2.05) is 24.3 Å². The third-order valence-electron chi connectivity index (χ3n) is 1.68. The minimum Gasteiger partial charge on any atom is -0.153 e. The highest BCUT2D eigenvalue weighted by atomic mass is 35.5. The molecule has 1 rings (SSSR count). The summed E-state index contributed by atoms with van der Waals surface area (Å²) < 4.78 is -2.12. The number of halogens is 4. The predicted octanol–water partition coefficient (Wildman–Crippen LogP) is 5.35. The zero-order valence-corrected chi connectivity index (χ0v) is 14.1. The summed E-state index contributed by atoms with van der Waals surface area (Å²) in [5, 5.41) is 0. The van der Waals surface area contributed by atoms with E-state index in [0.29, 0.717) is 0 Å². The van der Waals surface area contributed by atoms with Crippen LogP contribution in [0.25, 0.3) is 0 Å². The van der Waals surface area contributed by atoms with Gasteiger partial charge in [-0.15, -0.1) is 23.5 Å². The quantitative estimate of drug-likeness (QED) is 0.295. The summed E-state index contributed by atoms with van der Waals surface area (Å²) in [5.41, 5.74) is 0. The summed E-state index contributed by atoms with van der Waals surface area (Å²) in [6.07, 6.45) is 7.48. The van der Waals surface area contributed by atoms with Crippen molar-refractivity contribution in [1.29, 1.82) is 0 Å². The first kappa shape index (κ1) is 16.1. The summed E-state index contributed by atoms with van der Waals surface area (Å²) in [5.74, 6) is 0. The molecule has 0 N–H and O–H groups in total. The second kappa shape index (κ2) is 6.47. The molecule has 1 aliphatic carbocycles. The number of hydrogen-bond acceptors (Lipinski definition) is 4. The Morgan fingerprint density at radius 1 is 0.750 bits per heavy atom. The molecular weight excluding hydrogens is 366 g/mol. The van der Waals surface area contributed by atoms with Crippen LogP contribution in [0.1, 0.15) is 0 Å². The molecule has 0 aromatic heterocycles. The van der Waals surface area contributed by atoms with Crippen molar-refractivity contribution in [2.75, 3.05) is 0 Å². The van der Waals surface area contributed by atoms with Crippen LogP contribution in [0.4, 0.5) is 0 Å². The van der Waals surface area contributed by atoms with Gasteiger partial charge >= 0.3 is 0 Å². The normalized spacial score (nSPS) is 34.0. The molecule has 0 aliphatic heterocycles. The van der Waals surface area contributed by atoms with Gasteiger partial charge in [0.2, 0.25) is 0 Å². The average molecular weight is 374 g/mol. The Bertz CT molecular complexity index is 260. The Morgan fingerprint density at radius 2 is 1.00 bits per heavy atom. The van der Waals surface area contributed by atoms with Gasteiger partial charge in [0.05, 0.1) is 8.16 Å². The molecule has 0 saturated heterocycles. The first-order valence-corrected chi connectivity index (χ1v) is 8.42. The minimum atomic E-state index is -0.541. The molecule has 0 aromatic carbocycles. The number of alkyl halides is 4. The van der Waals surface area contributed by atoms with Gasteiger partial charge in [0.15, 0.2) is 8.34 Å². The van der Waals surface area contributed by atoms with E-state index in [9.17, 15) is 0 Å². The van der Waals surface area contributed by atoms with Gasteiger partial charge in [-0.3, -0.25) is 0 Å². The Balaban J connectivity index is 2.71. The highest BCUT2D eigenvalue weighted by molar-refractivity contribution is 8.14. The van der Waals surface area contributed by atoms with Gasteiger partial charge in [-0.1, -0.05) is 70.7 Å². The minimum absolute atomic E-state index is 0.519. The van der Waals surface area contributed by atoms with Crippen molar-refractivity contribution in [3.8, 4) is 0 Å². The highest BCUT2D eigenvalue weighted by Crippen LogP contribution is 2.47. The van der Waals surface area contributed by atoms with E-state index < -0.39 is 16.5 Å². The molecule has 0 heterocycles. The predicted molar refractivity (Wildman–Crippen MR) is 87.9 cm³/mol. The number of hydrogen-bond donors (Lipinski definition) is 2. The SMILES string of the molecule is SC1(SC(Cl)Cl)C=CC(S)(SC(Cl)Cl)C=C1. The zero-order chi connectivity index (χ0) is 12.4. The Labute approximate surface area is 135 Å². The third kappa shape index (κ3) is 5.35. The lowest BCUT2D eigenvalue weighted by molar-refractivity contribution is 1.17. The molecule has 0 aromatic rings. The van der Waals surface area contributed by atoms with Crippen LogP contribution in [0, 0.1) is 0 Å². The van der Waals surface area contributed by atoms with Gasteiger partial charge in [-0.2, -0.15) is 25.3 Å². The smallest absolute Gasteiger partial charge is 0.153 e. The van der Waals surface area contributed by atoms with Gasteiger partial charge < -0.3 is 0 Å². The average Bonchev–Trinajstić information content (AvgIpc) is 2.09. The fraction of sp³-hybridized carbons (Fsp3) is 0.500. The molecule has 0 nitrogen and oxygen atoms in total. The number of thioether (sulfide) groups is 2. The first-order chi connectivity index (χ1) is 7.25. The lowest BCUT2D eigenvalue weighted by atomic mass is 10.2. The van der Waals surface area contributed by atoms with E-state index in [1.165, 1.54) is 23.5 Å². The summed E-state index contributed by atoms with van der Waals surface area (Å²) >= 11 is 34.4. The van der Waals surface area contributed by atoms with Crippen LogP contribution in [0.5, 0.6) is 0 Å². The maximum absolute atomic E-state index is 5.70. The lowest BCUT2D eigenvalue weighted by Crippen LogP contribution is -2.22. The second-order valence-corrected chi connectivity index (χ2v) is 11.0. The van der Waals surface area contributed by atoms with Crippen LogP contribution in [-0.2, 0) is 0 Å². The summed E-state index contributed by atoms with van der Waals surface area (Å²) in [7, 11) is 0. The molecule has 1 aliphatic rings. The Morgan fingerprint density at radius 3 is 1.19 bits per heavy atom. The monoisotopic (exact) mass is 372 g/mol. The fourth-order valence-electron chi connectivity index (χ4n) is 1.03. The van der Waals surface area contributed by atoms with Gasteiger partial charge in [-0.05, 0) is 0 Å². The molecule has 16 heavy (non-hydrogen) atoms. The van der Waals surface area contributed by atoms with Crippen molar-refractivity contribution in [1.82, 2.24) is 0 Å². The van der Waals surface area contributed by atoms with Gasteiger partial charge in [-0.25, -0.2) is 0 Å². The van der Waals surface area contributed by atoms with Crippen LogP contribution in [0.2, 0.25) is 0 Å². The van der Waals surface area contributed by atoms with E-state index in [0.717, 1.165) is 0 Å². The first-order valence-electron chi connectivity index (χ1n) is 4.02. The number of rotatable bonds is 4. The van der Waals surface area contributed by atoms with E-state index in [-0.39, 0.29) is 0 Å². The summed E-state index contributed by atoms with van der Waals surface area (Å²) in [6, 6.07) is 0. The maximum atomic E-state index is 5.70. The standard InChI is InChI=1S/C8H8Cl4S4/c9-5(10)15-7(13)1-2-8(14,4-3-7)16-6(11)12/h1-6,13-14H. The fourth-order valence-corrected chi connectivity index (χ4v) is 5.63. The molecule has 0 bridgehead atoms. The van der Waals surface area contributed by atoms with Crippen molar-refractivity contribution in [3.05, 3.63) is 24.3 Å². The maximum Gasteiger partial charge on any atom is 0.154 e. The van der Waals surface area contributed by atoms with E-state index in [1.54, 1.807) is 0 Å². The van der Waals surface area contributed by atoms with Gasteiger partial charge in [0.1, 0.15) is 0 Å². The molecule has 0 fully saturated rings. The summed E-state index contributed by atoms with van der Waals surface area (Å²) in [6.45, 7) is 0. The lowest BCUT2D eigenvalue weighted by Gasteiger charge is -2.30. The molecular formula is C8H8Cl4S4. The molecule has 92 valence electrons. The Hall–Kier alpha value is 2.04. The van der Waals surface area contributed by atoms with Crippen molar-refractivity contribution < 1.29 is 0 Å². The molecule has 0 spiro atoms. The van der Waals surface area contributed by atoms with Crippen LogP contribution in [0.15, 0.2) is 24.3 Å². The number of thiol groups is 2. The topological polar surface area (TPSA) is 0 Å². The van der Waals surface area contributed by atoms with Crippen LogP contribution < -0.4 is 0 Å². The third-order valence-corrected chi connectivity index (χ3v) is 5.63. The van der Waals surface area contributed by atoms with E-state index in [2.05, 4.69) is 25.3 Å². The zero-order valence-electron chi connectivity index (χ0n) is 7.69. The van der Waals surface area contributed by atoms with Crippen molar-refractivity contribution in [3.63, 3.8) is 0 Å². The molecule has 0 unspecified atom stereocenters. The molecule has 0 radical (unpaired) electrons. The van der Waals surface area contributed by atoms with Crippen LogP contribution in [-0.4, -0.2) is 16.5 Å².